The fourth-order valence-corrected chi connectivity index (χ4v) is 3.54. The van der Waals surface area contributed by atoms with Crippen molar-refractivity contribution in [2.24, 2.45) is 0 Å². The molecule has 2 rings (SSSR count). The van der Waals surface area contributed by atoms with E-state index in [4.69, 9.17) is 9.16 Å². The average Bonchev–Trinajstić information content (AvgIpc) is 2.63. The minimum atomic E-state index is -2.02. The van der Waals surface area contributed by atoms with Crippen molar-refractivity contribution in [1.82, 2.24) is 0 Å². The summed E-state index contributed by atoms with van der Waals surface area (Å²) in [5.41, 5.74) is 1.99. The highest BCUT2D eigenvalue weighted by Gasteiger charge is 2.27. The van der Waals surface area contributed by atoms with Gasteiger partial charge in [-0.05, 0) is 19.6 Å². The van der Waals surface area contributed by atoms with Crippen molar-refractivity contribution >= 4 is 20.1 Å². The number of carbonyl (C=O) groups excluding carboxylic acids is 2. The minimum absolute atomic E-state index is 0.0906. The van der Waals surface area contributed by atoms with Gasteiger partial charge < -0.3 is 9.16 Å². The molecule has 0 N–H and O–H groups in total. The van der Waals surface area contributed by atoms with Gasteiger partial charge >= 0.3 is 5.97 Å². The summed E-state index contributed by atoms with van der Waals surface area (Å²) in [6.07, 6.45) is -0.828. The lowest BCUT2D eigenvalue weighted by Gasteiger charge is -2.24. The fourth-order valence-electron chi connectivity index (χ4n) is 2.66. The Bertz CT molecular complexity index is 866. The van der Waals surface area contributed by atoms with Crippen LogP contribution in [0.2, 0.25) is 19.6 Å². The molecule has 1 unspecified atom stereocenters. The molecule has 0 heterocycles. The summed E-state index contributed by atoms with van der Waals surface area (Å²) in [5.74, 6) is -0.646. The van der Waals surface area contributed by atoms with E-state index in [0.717, 1.165) is 0 Å². The summed E-state index contributed by atoms with van der Waals surface area (Å²) in [4.78, 5) is 24.4. The minimum Gasteiger partial charge on any atom is -0.461 e. The van der Waals surface area contributed by atoms with Crippen LogP contribution in [0.3, 0.4) is 0 Å². The van der Waals surface area contributed by atoms with Crippen LogP contribution >= 0.6 is 0 Å². The first-order valence-electron chi connectivity index (χ1n) is 8.65. The quantitative estimate of drug-likeness (QED) is 0.404. The van der Waals surface area contributed by atoms with Crippen LogP contribution < -0.4 is 0 Å². The Kier molecular flexibility index (Phi) is 6.67. The largest absolute Gasteiger partial charge is 0.461 e. The molecule has 5 nitrogen and oxygen atoms in total. The highest BCUT2D eigenvalue weighted by molar-refractivity contribution is 6.69. The molecule has 0 aliphatic carbocycles. The van der Waals surface area contributed by atoms with Crippen molar-refractivity contribution in [3.05, 3.63) is 70.8 Å². The second kappa shape index (κ2) is 8.76. The summed E-state index contributed by atoms with van der Waals surface area (Å²) < 4.78 is 11.2. The molecule has 0 saturated carbocycles. The second-order valence-electron chi connectivity index (χ2n) is 7.09. The first-order valence-corrected chi connectivity index (χ1v) is 12.1. The molecule has 0 amide bonds. The number of esters is 1. The lowest BCUT2D eigenvalue weighted by molar-refractivity contribution is -0.142. The molecule has 0 aliphatic heterocycles. The Morgan fingerprint density at radius 2 is 1.74 bits per heavy atom. The molecule has 2 aromatic rings. The normalized spacial score (nSPS) is 12.1. The fraction of sp³-hybridized carbons (Fsp3) is 0.286. The molecule has 0 radical (unpaired) electrons. The molecule has 0 spiro atoms. The van der Waals surface area contributed by atoms with Crippen LogP contribution in [0.5, 0.6) is 0 Å². The number of benzene rings is 2. The van der Waals surface area contributed by atoms with Crippen molar-refractivity contribution in [3.8, 4) is 6.07 Å². The molecule has 0 aromatic heterocycles. The highest BCUT2D eigenvalue weighted by Crippen LogP contribution is 2.29. The van der Waals surface area contributed by atoms with Gasteiger partial charge in [0.05, 0.1) is 6.07 Å². The molecule has 6 heteroatoms. The lowest BCUT2D eigenvalue weighted by atomic mass is 9.93. The maximum absolute atomic E-state index is 13.0. The number of ether oxygens (including phenoxy) is 1. The van der Waals surface area contributed by atoms with Gasteiger partial charge in [-0.25, -0.2) is 0 Å². The summed E-state index contributed by atoms with van der Waals surface area (Å²) in [6.45, 7) is 7.18. The standard InChI is InChI=1S/C21H23NO4Si/c1-15(23)25-14-19-17(20(13-22)26-27(2,3)4)11-8-12-18(19)21(24)16-9-6-5-7-10-16/h5-12,20H,14H2,1-4H3. The Morgan fingerprint density at radius 1 is 1.07 bits per heavy atom. The Balaban J connectivity index is 2.55. The third-order valence-corrected chi connectivity index (χ3v) is 4.73. The molecule has 2 aromatic carbocycles. The lowest BCUT2D eigenvalue weighted by Crippen LogP contribution is -2.28. The number of nitrogens with zero attached hydrogens (tertiary/aromatic N) is 1. The van der Waals surface area contributed by atoms with Gasteiger partial charge in [-0.1, -0.05) is 48.5 Å². The van der Waals surface area contributed by atoms with Gasteiger partial charge in [0.25, 0.3) is 0 Å². The average molecular weight is 382 g/mol. The summed E-state index contributed by atoms with van der Waals surface area (Å²) >= 11 is 0. The predicted octanol–water partition coefficient (Wildman–Crippen LogP) is 4.40. The van der Waals surface area contributed by atoms with Crippen LogP contribution in [-0.2, 0) is 20.6 Å². The first-order chi connectivity index (χ1) is 12.7. The Hall–Kier alpha value is -2.75. The van der Waals surface area contributed by atoms with E-state index in [-0.39, 0.29) is 12.4 Å². The third kappa shape index (κ3) is 5.61. The molecule has 1 atom stereocenters. The van der Waals surface area contributed by atoms with Gasteiger partial charge in [-0.2, -0.15) is 5.26 Å². The maximum Gasteiger partial charge on any atom is 0.302 e. The molecule has 140 valence electrons. The van der Waals surface area contributed by atoms with Crippen molar-refractivity contribution in [2.75, 3.05) is 0 Å². The Morgan fingerprint density at radius 3 is 2.30 bits per heavy atom. The predicted molar refractivity (Wildman–Crippen MR) is 105 cm³/mol. The van der Waals surface area contributed by atoms with Gasteiger partial charge in [0.1, 0.15) is 6.61 Å². The second-order valence-corrected chi connectivity index (χ2v) is 11.5. The van der Waals surface area contributed by atoms with Crippen LogP contribution in [-0.4, -0.2) is 20.1 Å². The van der Waals surface area contributed by atoms with Crippen LogP contribution in [0.1, 0.15) is 40.1 Å². The van der Waals surface area contributed by atoms with Crippen LogP contribution in [0.4, 0.5) is 0 Å². The molecule has 0 saturated heterocycles. The topological polar surface area (TPSA) is 76.4 Å². The number of carbonyl (C=O) groups is 2. The maximum atomic E-state index is 13.0. The van der Waals surface area contributed by atoms with Crippen molar-refractivity contribution in [1.29, 1.82) is 5.26 Å². The zero-order valence-electron chi connectivity index (χ0n) is 16.0. The van der Waals surface area contributed by atoms with Crippen molar-refractivity contribution in [2.45, 2.75) is 39.3 Å². The highest BCUT2D eigenvalue weighted by atomic mass is 28.4. The SMILES string of the molecule is CC(=O)OCc1c(C(=O)c2ccccc2)cccc1C(C#N)O[Si](C)(C)C. The molecule has 0 aliphatic rings. The zero-order chi connectivity index (χ0) is 20.0. The van der Waals surface area contributed by atoms with E-state index in [1.165, 1.54) is 6.92 Å². The van der Waals surface area contributed by atoms with Crippen LogP contribution in [0, 0.1) is 11.3 Å². The van der Waals surface area contributed by atoms with Crippen LogP contribution in [0.25, 0.3) is 0 Å². The van der Waals surface area contributed by atoms with E-state index < -0.39 is 20.4 Å². The number of nitriles is 1. The summed E-state index contributed by atoms with van der Waals surface area (Å²) in [7, 11) is -2.02. The number of rotatable bonds is 7. The summed E-state index contributed by atoms with van der Waals surface area (Å²) in [6, 6.07) is 16.2. The summed E-state index contributed by atoms with van der Waals surface area (Å²) in [5, 5.41) is 9.65. The molecule has 0 fully saturated rings. The van der Waals surface area contributed by atoms with E-state index >= 15 is 0 Å². The monoisotopic (exact) mass is 381 g/mol. The van der Waals surface area contributed by atoms with Crippen LogP contribution in [0.15, 0.2) is 48.5 Å². The smallest absolute Gasteiger partial charge is 0.302 e. The van der Waals surface area contributed by atoms with E-state index in [0.29, 0.717) is 22.3 Å². The van der Waals surface area contributed by atoms with E-state index in [1.54, 1.807) is 42.5 Å². The first kappa shape index (κ1) is 20.6. The molecular weight excluding hydrogens is 358 g/mol. The Labute approximate surface area is 160 Å². The van der Waals surface area contributed by atoms with Gasteiger partial charge in [-0.15, -0.1) is 0 Å². The van der Waals surface area contributed by atoms with Crippen molar-refractivity contribution in [3.63, 3.8) is 0 Å². The van der Waals surface area contributed by atoms with Gasteiger partial charge in [-0.3, -0.25) is 9.59 Å². The van der Waals surface area contributed by atoms with E-state index in [9.17, 15) is 14.9 Å². The number of hydrogen-bond acceptors (Lipinski definition) is 5. The van der Waals surface area contributed by atoms with E-state index in [1.807, 2.05) is 25.7 Å². The zero-order valence-corrected chi connectivity index (χ0v) is 17.0. The van der Waals surface area contributed by atoms with Gasteiger partial charge in [0.15, 0.2) is 20.2 Å². The third-order valence-electron chi connectivity index (χ3n) is 3.78. The van der Waals surface area contributed by atoms with E-state index in [2.05, 4.69) is 6.07 Å². The number of hydrogen-bond donors (Lipinski definition) is 0. The molecule has 27 heavy (non-hydrogen) atoms. The van der Waals surface area contributed by atoms with Gasteiger partial charge in [0.2, 0.25) is 0 Å². The number of ketones is 1. The molecular formula is C21H23NO4Si. The van der Waals surface area contributed by atoms with Gasteiger partial charge in [0, 0.05) is 29.2 Å². The molecule has 0 bridgehead atoms. The van der Waals surface area contributed by atoms with Crippen molar-refractivity contribution < 1.29 is 18.8 Å².